The van der Waals surface area contributed by atoms with Crippen LogP contribution in [0.2, 0.25) is 10.0 Å². The van der Waals surface area contributed by atoms with Gasteiger partial charge in [-0.3, -0.25) is 0 Å². The highest BCUT2D eigenvalue weighted by Gasteiger charge is 2.29. The molecule has 1 saturated carbocycles. The number of halogens is 2. The quantitative estimate of drug-likeness (QED) is 0.842. The molecule has 0 heterocycles. The van der Waals surface area contributed by atoms with E-state index in [1.807, 2.05) is 12.1 Å². The molecule has 1 aromatic carbocycles. The molecule has 3 heteroatoms. The molecule has 0 bridgehead atoms. The molecule has 0 amide bonds. The minimum atomic E-state index is -0.532. The van der Waals surface area contributed by atoms with E-state index in [0.717, 1.165) is 31.2 Å². The lowest BCUT2D eigenvalue weighted by Crippen LogP contribution is -2.33. The molecule has 0 saturated heterocycles. The monoisotopic (exact) mass is 258 g/mol. The van der Waals surface area contributed by atoms with Crippen LogP contribution in [0, 0.1) is 0 Å². The van der Waals surface area contributed by atoms with Gasteiger partial charge in [-0.05, 0) is 30.5 Å². The fraction of sp³-hybridized carbons (Fsp3) is 0.538. The molecule has 1 aliphatic rings. The van der Waals surface area contributed by atoms with E-state index in [1.165, 1.54) is 6.42 Å². The predicted octanol–water partition coefficient (Wildman–Crippen LogP) is 4.23. The van der Waals surface area contributed by atoms with Crippen LogP contribution >= 0.6 is 23.2 Å². The van der Waals surface area contributed by atoms with Crippen molar-refractivity contribution >= 4 is 23.2 Å². The van der Waals surface area contributed by atoms with E-state index in [2.05, 4.69) is 0 Å². The van der Waals surface area contributed by atoms with Crippen molar-refractivity contribution in [3.8, 4) is 0 Å². The fourth-order valence-electron chi connectivity index (χ4n) is 2.42. The van der Waals surface area contributed by atoms with Gasteiger partial charge in [0.15, 0.2) is 0 Å². The summed E-state index contributed by atoms with van der Waals surface area (Å²) in [5, 5.41) is 11.5. The van der Waals surface area contributed by atoms with Crippen LogP contribution in [0.5, 0.6) is 0 Å². The van der Waals surface area contributed by atoms with Gasteiger partial charge in [0.2, 0.25) is 0 Å². The first-order chi connectivity index (χ1) is 7.59. The lowest BCUT2D eigenvalue weighted by Gasteiger charge is -2.32. The molecule has 0 unspecified atom stereocenters. The Balaban J connectivity index is 2.10. The van der Waals surface area contributed by atoms with Crippen molar-refractivity contribution in [2.24, 2.45) is 0 Å². The van der Waals surface area contributed by atoms with E-state index in [4.69, 9.17) is 23.2 Å². The van der Waals surface area contributed by atoms with Crippen molar-refractivity contribution in [3.63, 3.8) is 0 Å². The Labute approximate surface area is 106 Å². The highest BCUT2D eigenvalue weighted by atomic mass is 35.5. The largest absolute Gasteiger partial charge is 0.390 e. The number of benzene rings is 1. The minimum absolute atomic E-state index is 0.532. The first kappa shape index (κ1) is 12.2. The zero-order valence-corrected chi connectivity index (χ0v) is 10.7. The minimum Gasteiger partial charge on any atom is -0.390 e. The maximum atomic E-state index is 10.4. The molecular formula is C13H16Cl2O. The summed E-state index contributed by atoms with van der Waals surface area (Å²) in [7, 11) is 0. The van der Waals surface area contributed by atoms with Crippen molar-refractivity contribution in [2.45, 2.75) is 44.1 Å². The van der Waals surface area contributed by atoms with Gasteiger partial charge in [-0.25, -0.2) is 0 Å². The van der Waals surface area contributed by atoms with Crippen LogP contribution in [0.3, 0.4) is 0 Å². The Morgan fingerprint density at radius 1 is 1.06 bits per heavy atom. The summed E-state index contributed by atoms with van der Waals surface area (Å²) < 4.78 is 0. The molecule has 0 atom stereocenters. The maximum absolute atomic E-state index is 10.4. The van der Waals surface area contributed by atoms with Crippen LogP contribution in [0.15, 0.2) is 18.2 Å². The molecule has 1 nitrogen and oxygen atoms in total. The summed E-state index contributed by atoms with van der Waals surface area (Å²) in [5.74, 6) is 0. The van der Waals surface area contributed by atoms with Gasteiger partial charge < -0.3 is 5.11 Å². The molecule has 0 spiro atoms. The third kappa shape index (κ3) is 2.91. The van der Waals surface area contributed by atoms with Gasteiger partial charge in [0.1, 0.15) is 0 Å². The third-order valence-electron chi connectivity index (χ3n) is 3.30. The second-order valence-corrected chi connectivity index (χ2v) is 5.52. The molecular weight excluding hydrogens is 243 g/mol. The Morgan fingerprint density at radius 3 is 2.38 bits per heavy atom. The predicted molar refractivity (Wildman–Crippen MR) is 68.2 cm³/mol. The Kier molecular flexibility index (Phi) is 3.78. The van der Waals surface area contributed by atoms with Crippen molar-refractivity contribution in [3.05, 3.63) is 33.8 Å². The van der Waals surface area contributed by atoms with Gasteiger partial charge in [0, 0.05) is 6.42 Å². The molecule has 1 aromatic rings. The SMILES string of the molecule is OC1(Cc2ccc(Cl)c(Cl)c2)CCCCC1. The number of hydrogen-bond acceptors (Lipinski definition) is 1. The van der Waals surface area contributed by atoms with E-state index in [9.17, 15) is 5.11 Å². The molecule has 1 aliphatic carbocycles. The van der Waals surface area contributed by atoms with E-state index < -0.39 is 5.60 Å². The molecule has 0 aromatic heterocycles. The molecule has 16 heavy (non-hydrogen) atoms. The van der Waals surface area contributed by atoms with Gasteiger partial charge in [0.25, 0.3) is 0 Å². The summed E-state index contributed by atoms with van der Waals surface area (Å²) in [6, 6.07) is 5.60. The third-order valence-corrected chi connectivity index (χ3v) is 4.04. The van der Waals surface area contributed by atoms with Crippen LogP contribution in [-0.4, -0.2) is 10.7 Å². The molecule has 0 radical (unpaired) electrons. The van der Waals surface area contributed by atoms with Crippen LogP contribution in [0.1, 0.15) is 37.7 Å². The highest BCUT2D eigenvalue weighted by Crippen LogP contribution is 2.32. The van der Waals surface area contributed by atoms with Crippen molar-refractivity contribution in [1.82, 2.24) is 0 Å². The fourth-order valence-corrected chi connectivity index (χ4v) is 2.74. The van der Waals surface area contributed by atoms with Crippen LogP contribution in [0.4, 0.5) is 0 Å². The van der Waals surface area contributed by atoms with E-state index in [0.29, 0.717) is 16.5 Å². The van der Waals surface area contributed by atoms with E-state index >= 15 is 0 Å². The summed E-state index contributed by atoms with van der Waals surface area (Å²) in [5.41, 5.74) is 0.536. The number of aliphatic hydroxyl groups is 1. The topological polar surface area (TPSA) is 20.2 Å². The van der Waals surface area contributed by atoms with Crippen molar-refractivity contribution < 1.29 is 5.11 Å². The summed E-state index contributed by atoms with van der Waals surface area (Å²) >= 11 is 11.8. The van der Waals surface area contributed by atoms with Crippen molar-refractivity contribution in [2.75, 3.05) is 0 Å². The normalized spacial score (nSPS) is 19.7. The van der Waals surface area contributed by atoms with Gasteiger partial charge in [-0.15, -0.1) is 0 Å². The molecule has 1 fully saturated rings. The number of hydrogen-bond donors (Lipinski definition) is 1. The van der Waals surface area contributed by atoms with E-state index in [-0.39, 0.29) is 0 Å². The lowest BCUT2D eigenvalue weighted by atomic mass is 9.80. The standard InChI is InChI=1S/C13H16Cl2O/c14-11-5-4-10(8-12(11)15)9-13(16)6-2-1-3-7-13/h4-5,8,16H,1-3,6-7,9H2. The summed E-state index contributed by atoms with van der Waals surface area (Å²) in [6.45, 7) is 0. The van der Waals surface area contributed by atoms with Crippen LogP contribution in [-0.2, 0) is 6.42 Å². The molecule has 2 rings (SSSR count). The first-order valence-electron chi connectivity index (χ1n) is 5.75. The molecule has 1 N–H and O–H groups in total. The van der Waals surface area contributed by atoms with Gasteiger partial charge in [0.05, 0.1) is 15.6 Å². The average molecular weight is 259 g/mol. The lowest BCUT2D eigenvalue weighted by molar-refractivity contribution is 0.00449. The average Bonchev–Trinajstić information content (AvgIpc) is 2.24. The van der Waals surface area contributed by atoms with Gasteiger partial charge >= 0.3 is 0 Å². The Bertz CT molecular complexity index is 370. The number of rotatable bonds is 2. The summed E-state index contributed by atoms with van der Waals surface area (Å²) in [4.78, 5) is 0. The van der Waals surface area contributed by atoms with Crippen LogP contribution in [0.25, 0.3) is 0 Å². The molecule has 88 valence electrons. The summed E-state index contributed by atoms with van der Waals surface area (Å²) in [6.07, 6.45) is 5.96. The first-order valence-corrected chi connectivity index (χ1v) is 6.51. The zero-order valence-electron chi connectivity index (χ0n) is 9.18. The Hall–Kier alpha value is -0.240. The Morgan fingerprint density at radius 2 is 1.75 bits per heavy atom. The highest BCUT2D eigenvalue weighted by molar-refractivity contribution is 6.42. The van der Waals surface area contributed by atoms with Crippen molar-refractivity contribution in [1.29, 1.82) is 0 Å². The second kappa shape index (κ2) is 4.95. The van der Waals surface area contributed by atoms with Crippen LogP contribution < -0.4 is 0 Å². The van der Waals surface area contributed by atoms with Gasteiger partial charge in [-0.1, -0.05) is 48.5 Å². The smallest absolute Gasteiger partial charge is 0.0688 e. The van der Waals surface area contributed by atoms with Gasteiger partial charge in [-0.2, -0.15) is 0 Å². The zero-order chi connectivity index (χ0) is 11.6. The molecule has 0 aliphatic heterocycles. The van der Waals surface area contributed by atoms with E-state index in [1.54, 1.807) is 6.07 Å². The second-order valence-electron chi connectivity index (χ2n) is 4.71. The maximum Gasteiger partial charge on any atom is 0.0688 e.